The molecule has 0 saturated carbocycles. The Hall–Kier alpha value is -3.37. The zero-order valence-corrected chi connectivity index (χ0v) is 16.9. The molecule has 150 valence electrons. The van der Waals surface area contributed by atoms with Crippen LogP contribution in [0.4, 0.5) is 15.8 Å². The van der Waals surface area contributed by atoms with Gasteiger partial charge in [0.15, 0.2) is 0 Å². The predicted octanol–water partition coefficient (Wildman–Crippen LogP) is 5.14. The Morgan fingerprint density at radius 1 is 1.17 bits per heavy atom. The number of nitrogens with one attached hydrogen (secondary N) is 1. The van der Waals surface area contributed by atoms with Gasteiger partial charge in [-0.1, -0.05) is 42.1 Å². The highest BCUT2D eigenvalue weighted by Gasteiger charge is 2.15. The molecular formula is C20H13FN4O3S2. The first kappa shape index (κ1) is 19.9. The van der Waals surface area contributed by atoms with Gasteiger partial charge in [0, 0.05) is 22.4 Å². The average Bonchev–Trinajstić information content (AvgIpc) is 3.19. The first-order valence-electron chi connectivity index (χ1n) is 8.68. The number of carbonyl (C=O) groups excluding carboxylic acids is 1. The summed E-state index contributed by atoms with van der Waals surface area (Å²) in [5.74, 6) is -1.27. The second-order valence-electron chi connectivity index (χ2n) is 6.13. The molecule has 10 heteroatoms. The Morgan fingerprint density at radius 2 is 1.97 bits per heavy atom. The average molecular weight is 440 g/mol. The largest absolute Gasteiger partial charge is 0.323 e. The van der Waals surface area contributed by atoms with E-state index in [4.69, 9.17) is 0 Å². The maximum atomic E-state index is 13.9. The smallest absolute Gasteiger partial charge is 0.271 e. The van der Waals surface area contributed by atoms with E-state index in [0.717, 1.165) is 38.9 Å². The van der Waals surface area contributed by atoms with Crippen molar-refractivity contribution in [3.63, 3.8) is 0 Å². The van der Waals surface area contributed by atoms with Crippen LogP contribution in [0.3, 0.4) is 0 Å². The number of rotatable bonds is 6. The number of aromatic nitrogens is 2. The van der Waals surface area contributed by atoms with Crippen molar-refractivity contribution in [2.24, 2.45) is 0 Å². The number of halogens is 1. The summed E-state index contributed by atoms with van der Waals surface area (Å²) in [6.45, 7) is 0. The molecule has 0 fully saturated rings. The lowest BCUT2D eigenvalue weighted by Gasteiger charge is -2.06. The Kier molecular flexibility index (Phi) is 5.68. The second-order valence-corrected chi connectivity index (χ2v) is 8.13. The molecule has 2 aromatic heterocycles. The van der Waals surface area contributed by atoms with Gasteiger partial charge in [-0.25, -0.2) is 14.4 Å². The van der Waals surface area contributed by atoms with Crippen molar-refractivity contribution in [1.29, 1.82) is 0 Å². The molecule has 0 unspecified atom stereocenters. The second kappa shape index (κ2) is 8.56. The summed E-state index contributed by atoms with van der Waals surface area (Å²) in [5, 5.41) is 14.7. The van der Waals surface area contributed by atoms with Crippen LogP contribution in [-0.4, -0.2) is 26.6 Å². The van der Waals surface area contributed by atoms with Crippen LogP contribution in [-0.2, 0) is 4.79 Å². The Balaban J connectivity index is 1.50. The number of hydrogen-bond donors (Lipinski definition) is 1. The van der Waals surface area contributed by atoms with E-state index >= 15 is 0 Å². The number of nitro benzene ring substituents is 1. The van der Waals surface area contributed by atoms with Crippen molar-refractivity contribution >= 4 is 50.6 Å². The molecule has 7 nitrogen and oxygen atoms in total. The van der Waals surface area contributed by atoms with E-state index in [2.05, 4.69) is 15.3 Å². The van der Waals surface area contributed by atoms with Crippen LogP contribution in [0, 0.1) is 15.9 Å². The maximum absolute atomic E-state index is 13.9. The predicted molar refractivity (Wildman–Crippen MR) is 115 cm³/mol. The summed E-state index contributed by atoms with van der Waals surface area (Å²) in [7, 11) is 0. The van der Waals surface area contributed by atoms with Crippen LogP contribution in [0.5, 0.6) is 0 Å². The summed E-state index contributed by atoms with van der Waals surface area (Å²) in [4.78, 5) is 32.9. The number of fused-ring (bicyclic) bond motifs is 1. The number of non-ortho nitro benzene ring substituents is 1. The van der Waals surface area contributed by atoms with Gasteiger partial charge in [-0.05, 0) is 17.7 Å². The SMILES string of the molecule is O=C(CSc1ncnc2sc(-c3ccccc3)cc12)Nc1cc([N+](=O)[O-])ccc1F. The van der Waals surface area contributed by atoms with Gasteiger partial charge >= 0.3 is 0 Å². The maximum Gasteiger partial charge on any atom is 0.271 e. The molecular weight excluding hydrogens is 427 g/mol. The molecule has 0 bridgehead atoms. The highest BCUT2D eigenvalue weighted by atomic mass is 32.2. The van der Waals surface area contributed by atoms with Gasteiger partial charge in [0.1, 0.15) is 22.0 Å². The molecule has 0 aliphatic heterocycles. The van der Waals surface area contributed by atoms with Crippen LogP contribution in [0.2, 0.25) is 0 Å². The fraction of sp³-hybridized carbons (Fsp3) is 0.0500. The van der Waals surface area contributed by atoms with Crippen LogP contribution in [0.25, 0.3) is 20.7 Å². The third-order valence-electron chi connectivity index (χ3n) is 4.13. The standard InChI is InChI=1S/C20H13FN4O3S2/c21-15-7-6-13(25(27)28)8-16(15)24-18(26)10-29-19-14-9-17(12-4-2-1-3-5-12)30-20(14)23-11-22-19/h1-9,11H,10H2,(H,24,26). The van der Waals surface area contributed by atoms with Gasteiger partial charge in [0.2, 0.25) is 5.91 Å². The summed E-state index contributed by atoms with van der Waals surface area (Å²) in [5.41, 5.74) is 0.531. The topological polar surface area (TPSA) is 98.0 Å². The molecule has 0 spiro atoms. The fourth-order valence-electron chi connectivity index (χ4n) is 2.74. The van der Waals surface area contributed by atoms with Crippen molar-refractivity contribution in [1.82, 2.24) is 9.97 Å². The number of nitrogens with zero attached hydrogens (tertiary/aromatic N) is 3. The van der Waals surface area contributed by atoms with E-state index in [1.165, 1.54) is 29.4 Å². The van der Waals surface area contributed by atoms with Crippen LogP contribution < -0.4 is 5.32 Å². The minimum atomic E-state index is -0.742. The van der Waals surface area contributed by atoms with E-state index in [0.29, 0.717) is 5.03 Å². The van der Waals surface area contributed by atoms with E-state index < -0.39 is 16.6 Å². The highest BCUT2D eigenvalue weighted by Crippen LogP contribution is 2.36. The highest BCUT2D eigenvalue weighted by molar-refractivity contribution is 8.00. The lowest BCUT2D eigenvalue weighted by Crippen LogP contribution is -2.15. The molecule has 0 radical (unpaired) electrons. The summed E-state index contributed by atoms with van der Waals surface area (Å²) in [6, 6.07) is 14.8. The number of benzene rings is 2. The van der Waals surface area contributed by atoms with E-state index in [-0.39, 0.29) is 17.1 Å². The van der Waals surface area contributed by atoms with Gasteiger partial charge in [0.25, 0.3) is 5.69 Å². The number of carbonyl (C=O) groups is 1. The van der Waals surface area contributed by atoms with Crippen molar-refractivity contribution in [3.05, 3.63) is 76.9 Å². The molecule has 1 amide bonds. The number of thioether (sulfide) groups is 1. The fourth-order valence-corrected chi connectivity index (χ4v) is 4.58. The zero-order valence-electron chi connectivity index (χ0n) is 15.2. The molecule has 0 aliphatic rings. The third-order valence-corrected chi connectivity index (χ3v) is 6.22. The minimum Gasteiger partial charge on any atom is -0.323 e. The zero-order chi connectivity index (χ0) is 21.1. The normalized spacial score (nSPS) is 10.8. The monoisotopic (exact) mass is 440 g/mol. The van der Waals surface area contributed by atoms with E-state index in [1.807, 2.05) is 36.4 Å². The number of anilines is 1. The van der Waals surface area contributed by atoms with Gasteiger partial charge in [-0.2, -0.15) is 0 Å². The van der Waals surface area contributed by atoms with E-state index in [9.17, 15) is 19.3 Å². The first-order chi connectivity index (χ1) is 14.5. The Bertz CT molecular complexity index is 1250. The van der Waals surface area contributed by atoms with E-state index in [1.54, 1.807) is 0 Å². The summed E-state index contributed by atoms with van der Waals surface area (Å²) >= 11 is 2.72. The summed E-state index contributed by atoms with van der Waals surface area (Å²) < 4.78 is 13.9. The van der Waals surface area contributed by atoms with Crippen LogP contribution in [0.15, 0.2) is 66.0 Å². The van der Waals surface area contributed by atoms with Gasteiger partial charge in [-0.3, -0.25) is 14.9 Å². The Labute approximate surface area is 178 Å². The third kappa shape index (κ3) is 4.29. The molecule has 1 N–H and O–H groups in total. The molecule has 4 aromatic rings. The summed E-state index contributed by atoms with van der Waals surface area (Å²) in [6.07, 6.45) is 1.44. The van der Waals surface area contributed by atoms with Crippen molar-refractivity contribution in [3.8, 4) is 10.4 Å². The Morgan fingerprint density at radius 3 is 2.73 bits per heavy atom. The number of nitro groups is 1. The van der Waals surface area contributed by atoms with Crippen molar-refractivity contribution in [2.75, 3.05) is 11.1 Å². The quantitative estimate of drug-likeness (QED) is 0.193. The van der Waals surface area contributed by atoms with Gasteiger partial charge in [-0.15, -0.1) is 11.3 Å². The lowest BCUT2D eigenvalue weighted by molar-refractivity contribution is -0.384. The minimum absolute atomic E-state index is 0.0369. The first-order valence-corrected chi connectivity index (χ1v) is 10.5. The lowest BCUT2D eigenvalue weighted by atomic mass is 10.2. The van der Waals surface area contributed by atoms with Crippen LogP contribution >= 0.6 is 23.1 Å². The molecule has 0 saturated heterocycles. The van der Waals surface area contributed by atoms with Crippen LogP contribution in [0.1, 0.15) is 0 Å². The van der Waals surface area contributed by atoms with Gasteiger partial charge in [0.05, 0.1) is 16.4 Å². The number of thiophene rings is 1. The molecule has 0 atom stereocenters. The number of hydrogen-bond acceptors (Lipinski definition) is 7. The van der Waals surface area contributed by atoms with Crippen molar-refractivity contribution in [2.45, 2.75) is 5.03 Å². The molecule has 2 heterocycles. The molecule has 30 heavy (non-hydrogen) atoms. The molecule has 4 rings (SSSR count). The molecule has 2 aromatic carbocycles. The molecule has 0 aliphatic carbocycles. The van der Waals surface area contributed by atoms with Crippen molar-refractivity contribution < 1.29 is 14.1 Å². The number of amides is 1. The van der Waals surface area contributed by atoms with Gasteiger partial charge < -0.3 is 5.32 Å².